The van der Waals surface area contributed by atoms with Gasteiger partial charge in [-0.2, -0.15) is 0 Å². The molecule has 0 spiro atoms. The van der Waals surface area contributed by atoms with E-state index in [0.29, 0.717) is 0 Å². The van der Waals surface area contributed by atoms with Crippen LogP contribution in [0.2, 0.25) is 0 Å². The van der Waals surface area contributed by atoms with Gasteiger partial charge in [-0.3, -0.25) is 0 Å². The van der Waals surface area contributed by atoms with Crippen molar-refractivity contribution in [1.82, 2.24) is 10.2 Å². The average Bonchev–Trinajstić information content (AvgIpc) is 2.67. The van der Waals surface area contributed by atoms with Crippen molar-refractivity contribution < 1.29 is 5.11 Å². The highest BCUT2D eigenvalue weighted by Gasteiger charge is 2.04. The third-order valence-corrected chi connectivity index (χ3v) is 3.64. The molecule has 0 radical (unpaired) electrons. The van der Waals surface area contributed by atoms with Gasteiger partial charge in [-0.15, -0.1) is 10.2 Å². The summed E-state index contributed by atoms with van der Waals surface area (Å²) in [6.45, 7) is 0. The van der Waals surface area contributed by atoms with Crippen LogP contribution in [0.4, 0.5) is 0 Å². The number of hydrogen-bond donors (Lipinski definition) is 1. The minimum absolute atomic E-state index is 0.267. The molecule has 1 aromatic carbocycles. The van der Waals surface area contributed by atoms with Crippen molar-refractivity contribution in [1.29, 1.82) is 0 Å². The number of aromatic hydroxyl groups is 1. The third kappa shape index (κ3) is 1.88. The van der Waals surface area contributed by atoms with E-state index in [1.807, 2.05) is 18.4 Å². The van der Waals surface area contributed by atoms with Crippen LogP contribution in [0.25, 0.3) is 10.6 Å². The molecule has 0 bridgehead atoms. The number of thioether (sulfide) groups is 1. The second-order valence-corrected chi connectivity index (χ2v) is 4.66. The van der Waals surface area contributed by atoms with Crippen LogP contribution in [0.1, 0.15) is 0 Å². The summed E-state index contributed by atoms with van der Waals surface area (Å²) >= 11 is 3.13. The minimum atomic E-state index is 0.267. The third-order valence-electron chi connectivity index (χ3n) is 1.70. The lowest BCUT2D eigenvalue weighted by molar-refractivity contribution is 0.475. The summed E-state index contributed by atoms with van der Waals surface area (Å²) in [4.78, 5) is 0. The van der Waals surface area contributed by atoms with E-state index in [-0.39, 0.29) is 5.75 Å². The molecule has 0 aliphatic carbocycles. The van der Waals surface area contributed by atoms with Crippen LogP contribution < -0.4 is 0 Å². The zero-order valence-corrected chi connectivity index (χ0v) is 9.10. The molecule has 0 amide bonds. The summed E-state index contributed by atoms with van der Waals surface area (Å²) in [5.41, 5.74) is 0.987. The Labute approximate surface area is 89.8 Å². The van der Waals surface area contributed by atoms with Crippen molar-refractivity contribution in [3.63, 3.8) is 0 Å². The van der Waals surface area contributed by atoms with E-state index in [1.54, 1.807) is 35.2 Å². The largest absolute Gasteiger partial charge is 0.508 e. The Kier molecular flexibility index (Phi) is 2.69. The second kappa shape index (κ2) is 3.98. The highest BCUT2D eigenvalue weighted by Crippen LogP contribution is 2.28. The van der Waals surface area contributed by atoms with E-state index in [1.165, 1.54) is 0 Å². The molecule has 0 atom stereocenters. The van der Waals surface area contributed by atoms with Gasteiger partial charge in [-0.1, -0.05) is 23.1 Å². The Hall–Kier alpha value is -1.07. The quantitative estimate of drug-likeness (QED) is 0.796. The van der Waals surface area contributed by atoms with E-state index < -0.39 is 0 Å². The molecule has 1 aromatic heterocycles. The summed E-state index contributed by atoms with van der Waals surface area (Å²) in [7, 11) is 0. The first kappa shape index (κ1) is 9.48. The maximum atomic E-state index is 9.12. The van der Waals surface area contributed by atoms with Crippen LogP contribution >= 0.6 is 23.1 Å². The molecule has 2 rings (SSSR count). The number of phenolic OH excluding ortho intramolecular Hbond substituents is 1. The van der Waals surface area contributed by atoms with E-state index >= 15 is 0 Å². The van der Waals surface area contributed by atoms with Gasteiger partial charge in [0.25, 0.3) is 0 Å². The number of benzene rings is 1. The summed E-state index contributed by atoms with van der Waals surface area (Å²) in [5.74, 6) is 0.267. The molecule has 0 fully saturated rings. The van der Waals surface area contributed by atoms with Crippen LogP contribution in [-0.4, -0.2) is 21.6 Å². The normalized spacial score (nSPS) is 10.4. The molecule has 5 heteroatoms. The van der Waals surface area contributed by atoms with Gasteiger partial charge in [-0.05, 0) is 30.5 Å². The molecule has 72 valence electrons. The smallest absolute Gasteiger partial charge is 0.174 e. The van der Waals surface area contributed by atoms with Crippen molar-refractivity contribution in [2.24, 2.45) is 0 Å². The molecule has 0 aliphatic heterocycles. The molecular weight excluding hydrogens is 216 g/mol. The Morgan fingerprint density at radius 2 is 1.93 bits per heavy atom. The molecule has 1 N–H and O–H groups in total. The van der Waals surface area contributed by atoms with E-state index in [9.17, 15) is 0 Å². The number of hydrogen-bond acceptors (Lipinski definition) is 5. The van der Waals surface area contributed by atoms with Crippen molar-refractivity contribution in [3.05, 3.63) is 24.3 Å². The molecule has 0 aliphatic rings. The van der Waals surface area contributed by atoms with Crippen LogP contribution in [0, 0.1) is 0 Å². The molecule has 14 heavy (non-hydrogen) atoms. The average molecular weight is 224 g/mol. The minimum Gasteiger partial charge on any atom is -0.508 e. The SMILES string of the molecule is CSc1nnc(-c2ccc(O)cc2)s1. The van der Waals surface area contributed by atoms with Gasteiger partial charge in [0.1, 0.15) is 10.8 Å². The zero-order chi connectivity index (χ0) is 9.97. The second-order valence-electron chi connectivity index (χ2n) is 2.62. The first-order valence-corrected chi connectivity index (χ1v) is 6.00. The lowest BCUT2D eigenvalue weighted by Gasteiger charge is -1.94. The van der Waals surface area contributed by atoms with Gasteiger partial charge in [0.15, 0.2) is 4.34 Å². The predicted octanol–water partition coefficient (Wildman–Crippen LogP) is 2.63. The van der Waals surface area contributed by atoms with Gasteiger partial charge < -0.3 is 5.11 Å². The maximum Gasteiger partial charge on any atom is 0.174 e. The Bertz CT molecular complexity index is 425. The number of rotatable bonds is 2. The molecule has 0 saturated heterocycles. The van der Waals surface area contributed by atoms with Gasteiger partial charge in [0, 0.05) is 5.56 Å². The van der Waals surface area contributed by atoms with Gasteiger partial charge in [-0.25, -0.2) is 0 Å². The molecule has 2 aromatic rings. The van der Waals surface area contributed by atoms with E-state index in [4.69, 9.17) is 5.11 Å². The highest BCUT2D eigenvalue weighted by atomic mass is 32.2. The van der Waals surface area contributed by atoms with Crippen LogP contribution in [0.3, 0.4) is 0 Å². The Morgan fingerprint density at radius 1 is 1.21 bits per heavy atom. The molecule has 0 saturated carbocycles. The number of phenols is 1. The molecule has 3 nitrogen and oxygen atoms in total. The van der Waals surface area contributed by atoms with Crippen LogP contribution in [0.15, 0.2) is 28.6 Å². The number of aromatic nitrogens is 2. The lowest BCUT2D eigenvalue weighted by Crippen LogP contribution is -1.75. The first-order chi connectivity index (χ1) is 6.79. The molecule has 1 heterocycles. The maximum absolute atomic E-state index is 9.12. The summed E-state index contributed by atoms with van der Waals surface area (Å²) in [6, 6.07) is 6.96. The monoisotopic (exact) mass is 224 g/mol. The molecular formula is C9H8N2OS2. The van der Waals surface area contributed by atoms with Crippen molar-refractivity contribution in [2.75, 3.05) is 6.26 Å². The fourth-order valence-corrected chi connectivity index (χ4v) is 2.29. The summed E-state index contributed by atoms with van der Waals surface area (Å²) < 4.78 is 0.952. The van der Waals surface area contributed by atoms with E-state index in [0.717, 1.165) is 14.9 Å². The standard InChI is InChI=1S/C9H8N2OS2/c1-13-9-11-10-8(14-9)6-2-4-7(12)5-3-6/h2-5,12H,1H3. The van der Waals surface area contributed by atoms with Crippen LogP contribution in [0.5, 0.6) is 5.75 Å². The first-order valence-electron chi connectivity index (χ1n) is 3.96. The lowest BCUT2D eigenvalue weighted by atomic mass is 10.2. The highest BCUT2D eigenvalue weighted by molar-refractivity contribution is 8.00. The predicted molar refractivity (Wildman–Crippen MR) is 58.8 cm³/mol. The van der Waals surface area contributed by atoms with Gasteiger partial charge in [0.2, 0.25) is 0 Å². The summed E-state index contributed by atoms with van der Waals surface area (Å²) in [6.07, 6.45) is 1.97. The van der Waals surface area contributed by atoms with Crippen molar-refractivity contribution in [3.8, 4) is 16.3 Å². The fourth-order valence-electron chi connectivity index (χ4n) is 1.01. The van der Waals surface area contributed by atoms with Crippen molar-refractivity contribution in [2.45, 2.75) is 4.34 Å². The Balaban J connectivity index is 2.34. The van der Waals surface area contributed by atoms with E-state index in [2.05, 4.69) is 10.2 Å². The Morgan fingerprint density at radius 3 is 2.50 bits per heavy atom. The van der Waals surface area contributed by atoms with Gasteiger partial charge >= 0.3 is 0 Å². The fraction of sp³-hybridized carbons (Fsp3) is 0.111. The number of nitrogens with zero attached hydrogens (tertiary/aromatic N) is 2. The topological polar surface area (TPSA) is 46.0 Å². The van der Waals surface area contributed by atoms with Gasteiger partial charge in [0.05, 0.1) is 0 Å². The molecule has 0 unspecified atom stereocenters. The van der Waals surface area contributed by atoms with Crippen LogP contribution in [-0.2, 0) is 0 Å². The zero-order valence-electron chi connectivity index (χ0n) is 7.47. The summed E-state index contributed by atoms with van der Waals surface area (Å²) in [5, 5.41) is 18.1. The van der Waals surface area contributed by atoms with Crippen molar-refractivity contribution >= 4 is 23.1 Å².